The Labute approximate surface area is 130 Å². The fourth-order valence-corrected chi connectivity index (χ4v) is 4.64. The SMILES string of the molecule is CCNC(Cc1cc(F)cc(F)c1)c1cc2sccc2s1. The van der Waals surface area contributed by atoms with E-state index in [0.717, 1.165) is 12.6 Å². The molecule has 3 aromatic rings. The Morgan fingerprint density at radius 1 is 1.10 bits per heavy atom. The van der Waals surface area contributed by atoms with Gasteiger partial charge in [0.25, 0.3) is 0 Å². The fraction of sp³-hybridized carbons (Fsp3) is 0.250. The number of benzene rings is 1. The largest absolute Gasteiger partial charge is 0.309 e. The van der Waals surface area contributed by atoms with Crippen molar-refractivity contribution >= 4 is 32.1 Å². The van der Waals surface area contributed by atoms with Crippen molar-refractivity contribution in [2.24, 2.45) is 0 Å². The second kappa shape index (κ2) is 6.22. The molecular formula is C16H15F2NS2. The third-order valence-electron chi connectivity index (χ3n) is 3.31. The molecule has 0 bridgehead atoms. The summed E-state index contributed by atoms with van der Waals surface area (Å²) < 4.78 is 29.2. The Kier molecular flexibility index (Phi) is 4.33. The highest BCUT2D eigenvalue weighted by Crippen LogP contribution is 2.34. The summed E-state index contributed by atoms with van der Waals surface area (Å²) >= 11 is 3.46. The summed E-state index contributed by atoms with van der Waals surface area (Å²) in [6, 6.07) is 8.09. The fourth-order valence-electron chi connectivity index (χ4n) is 2.44. The lowest BCUT2D eigenvalue weighted by atomic mass is 10.0. The van der Waals surface area contributed by atoms with Crippen LogP contribution in [-0.4, -0.2) is 6.54 Å². The van der Waals surface area contributed by atoms with Crippen molar-refractivity contribution in [2.45, 2.75) is 19.4 Å². The number of hydrogen-bond donors (Lipinski definition) is 1. The van der Waals surface area contributed by atoms with Crippen LogP contribution in [-0.2, 0) is 6.42 Å². The van der Waals surface area contributed by atoms with Crippen LogP contribution in [0.2, 0.25) is 0 Å². The average molecular weight is 323 g/mol. The lowest BCUT2D eigenvalue weighted by Crippen LogP contribution is -2.22. The van der Waals surface area contributed by atoms with Gasteiger partial charge in [-0.3, -0.25) is 0 Å². The van der Waals surface area contributed by atoms with Gasteiger partial charge in [0.05, 0.1) is 0 Å². The molecule has 2 aromatic heterocycles. The molecule has 1 aromatic carbocycles. The number of hydrogen-bond acceptors (Lipinski definition) is 3. The van der Waals surface area contributed by atoms with Gasteiger partial charge >= 0.3 is 0 Å². The molecule has 1 nitrogen and oxygen atoms in total. The van der Waals surface area contributed by atoms with Crippen LogP contribution in [0.1, 0.15) is 23.4 Å². The molecular weight excluding hydrogens is 308 g/mol. The Hall–Kier alpha value is -1.30. The van der Waals surface area contributed by atoms with E-state index in [2.05, 4.69) is 22.8 Å². The van der Waals surface area contributed by atoms with Gasteiger partial charge < -0.3 is 5.32 Å². The third kappa shape index (κ3) is 3.31. The molecule has 110 valence electrons. The van der Waals surface area contributed by atoms with E-state index in [9.17, 15) is 8.78 Å². The first-order valence-electron chi connectivity index (χ1n) is 6.81. The zero-order valence-electron chi connectivity index (χ0n) is 11.5. The lowest BCUT2D eigenvalue weighted by Gasteiger charge is -2.16. The molecule has 21 heavy (non-hydrogen) atoms. The zero-order valence-corrected chi connectivity index (χ0v) is 13.2. The molecule has 0 radical (unpaired) electrons. The second-order valence-electron chi connectivity index (χ2n) is 4.89. The van der Waals surface area contributed by atoms with E-state index in [0.29, 0.717) is 12.0 Å². The predicted octanol–water partition coefficient (Wildman–Crippen LogP) is 5.13. The van der Waals surface area contributed by atoms with Crippen LogP contribution >= 0.6 is 22.7 Å². The monoisotopic (exact) mass is 323 g/mol. The highest BCUT2D eigenvalue weighted by Gasteiger charge is 2.16. The van der Waals surface area contributed by atoms with Crippen molar-refractivity contribution in [1.29, 1.82) is 0 Å². The molecule has 0 spiro atoms. The van der Waals surface area contributed by atoms with Crippen LogP contribution in [0.5, 0.6) is 0 Å². The van der Waals surface area contributed by atoms with Crippen molar-refractivity contribution < 1.29 is 8.78 Å². The molecule has 0 aliphatic rings. The van der Waals surface area contributed by atoms with E-state index >= 15 is 0 Å². The van der Waals surface area contributed by atoms with E-state index in [1.165, 1.54) is 26.4 Å². The number of likely N-dealkylation sites (N-methyl/N-ethyl adjacent to an activating group) is 1. The van der Waals surface area contributed by atoms with E-state index in [1.807, 2.05) is 6.92 Å². The molecule has 3 rings (SSSR count). The molecule has 0 saturated carbocycles. The second-order valence-corrected chi connectivity index (χ2v) is 6.95. The van der Waals surface area contributed by atoms with Gasteiger partial charge in [-0.2, -0.15) is 0 Å². The smallest absolute Gasteiger partial charge is 0.126 e. The van der Waals surface area contributed by atoms with Gasteiger partial charge in [0.1, 0.15) is 11.6 Å². The van der Waals surface area contributed by atoms with Crippen LogP contribution in [0, 0.1) is 11.6 Å². The Balaban J connectivity index is 1.88. The first kappa shape index (κ1) is 14.6. The van der Waals surface area contributed by atoms with Gasteiger partial charge in [-0.25, -0.2) is 8.78 Å². The molecule has 0 saturated heterocycles. The standard InChI is InChI=1S/C16H15F2NS2/c1-2-19-13(7-10-5-11(17)8-12(18)6-10)15-9-16-14(21-15)3-4-20-16/h3-6,8-9,13,19H,2,7H2,1H3. The van der Waals surface area contributed by atoms with Gasteiger partial charge in [-0.05, 0) is 48.2 Å². The molecule has 0 aliphatic heterocycles. The van der Waals surface area contributed by atoms with E-state index in [1.54, 1.807) is 22.7 Å². The minimum Gasteiger partial charge on any atom is -0.309 e. The summed E-state index contributed by atoms with van der Waals surface area (Å²) in [6.45, 7) is 2.85. The van der Waals surface area contributed by atoms with Crippen LogP contribution in [0.4, 0.5) is 8.78 Å². The van der Waals surface area contributed by atoms with Gasteiger partial charge in [-0.15, -0.1) is 22.7 Å². The highest BCUT2D eigenvalue weighted by atomic mass is 32.1. The summed E-state index contributed by atoms with van der Waals surface area (Å²) in [5.41, 5.74) is 0.676. The number of halogens is 2. The maximum absolute atomic E-state index is 13.3. The molecule has 0 amide bonds. The molecule has 5 heteroatoms. The third-order valence-corrected chi connectivity index (χ3v) is 5.52. The first-order chi connectivity index (χ1) is 10.2. The Bertz CT molecular complexity index is 699. The minimum atomic E-state index is -0.521. The molecule has 1 N–H and O–H groups in total. The Morgan fingerprint density at radius 2 is 1.86 bits per heavy atom. The quantitative estimate of drug-likeness (QED) is 0.686. The number of fused-ring (bicyclic) bond motifs is 1. The number of nitrogens with one attached hydrogen (secondary N) is 1. The van der Waals surface area contributed by atoms with Crippen molar-refractivity contribution in [2.75, 3.05) is 6.54 Å². The van der Waals surface area contributed by atoms with Crippen LogP contribution in [0.15, 0.2) is 35.7 Å². The van der Waals surface area contributed by atoms with Gasteiger partial charge in [0, 0.05) is 26.4 Å². The molecule has 1 unspecified atom stereocenters. The summed E-state index contributed by atoms with van der Waals surface area (Å²) in [7, 11) is 0. The summed E-state index contributed by atoms with van der Waals surface area (Å²) in [4.78, 5) is 1.21. The van der Waals surface area contributed by atoms with Crippen molar-refractivity contribution in [3.8, 4) is 0 Å². The van der Waals surface area contributed by atoms with E-state index < -0.39 is 11.6 Å². The average Bonchev–Trinajstić information content (AvgIpc) is 2.97. The number of thiophene rings is 2. The van der Waals surface area contributed by atoms with Crippen LogP contribution in [0.3, 0.4) is 0 Å². The van der Waals surface area contributed by atoms with Crippen molar-refractivity contribution in [3.05, 3.63) is 57.8 Å². The number of rotatable bonds is 5. The molecule has 2 heterocycles. The molecule has 0 fully saturated rings. The lowest BCUT2D eigenvalue weighted by molar-refractivity contribution is 0.545. The molecule has 0 aliphatic carbocycles. The zero-order chi connectivity index (χ0) is 14.8. The van der Waals surface area contributed by atoms with Crippen molar-refractivity contribution in [3.63, 3.8) is 0 Å². The van der Waals surface area contributed by atoms with Gasteiger partial charge in [0.2, 0.25) is 0 Å². The minimum absolute atomic E-state index is 0.0841. The maximum Gasteiger partial charge on any atom is 0.126 e. The summed E-state index contributed by atoms with van der Waals surface area (Å²) in [5.74, 6) is -1.04. The first-order valence-corrected chi connectivity index (χ1v) is 8.50. The normalized spacial score (nSPS) is 12.9. The maximum atomic E-state index is 13.3. The Morgan fingerprint density at radius 3 is 2.52 bits per heavy atom. The van der Waals surface area contributed by atoms with E-state index in [4.69, 9.17) is 0 Å². The summed E-state index contributed by atoms with van der Waals surface area (Å²) in [5, 5.41) is 5.49. The van der Waals surface area contributed by atoms with Crippen LogP contribution in [0.25, 0.3) is 9.40 Å². The summed E-state index contributed by atoms with van der Waals surface area (Å²) in [6.07, 6.45) is 0.580. The topological polar surface area (TPSA) is 12.0 Å². The predicted molar refractivity (Wildman–Crippen MR) is 86.2 cm³/mol. The van der Waals surface area contributed by atoms with Gasteiger partial charge in [-0.1, -0.05) is 6.92 Å². The highest BCUT2D eigenvalue weighted by molar-refractivity contribution is 7.26. The molecule has 1 atom stereocenters. The van der Waals surface area contributed by atoms with Crippen molar-refractivity contribution in [1.82, 2.24) is 5.32 Å². The van der Waals surface area contributed by atoms with E-state index in [-0.39, 0.29) is 6.04 Å². The van der Waals surface area contributed by atoms with Crippen LogP contribution < -0.4 is 5.32 Å². The van der Waals surface area contributed by atoms with Gasteiger partial charge in [0.15, 0.2) is 0 Å².